The summed E-state index contributed by atoms with van der Waals surface area (Å²) in [7, 11) is 6.82. The van der Waals surface area contributed by atoms with Crippen LogP contribution >= 0.6 is 0 Å². The number of aryl methyl sites for hydroxylation is 2. The topological polar surface area (TPSA) is 110 Å². The second-order valence-corrected chi connectivity index (χ2v) is 9.09. The Morgan fingerprint density at radius 1 is 0.875 bits per heavy atom. The predicted octanol–water partition coefficient (Wildman–Crippen LogP) is 1.70. The van der Waals surface area contributed by atoms with Gasteiger partial charge < -0.3 is 21.3 Å². The summed E-state index contributed by atoms with van der Waals surface area (Å²) in [6, 6.07) is 10.6. The summed E-state index contributed by atoms with van der Waals surface area (Å²) in [6.07, 6.45) is 1.55. The lowest BCUT2D eigenvalue weighted by atomic mass is 9.68. The Kier molecular flexibility index (Phi) is 6.41. The second kappa shape index (κ2) is 8.74. The number of primary amides is 1. The van der Waals surface area contributed by atoms with E-state index in [1.807, 2.05) is 31.2 Å². The first-order chi connectivity index (χ1) is 15.0. The molecular formula is C25H32N4O3. The quantitative estimate of drug-likeness (QED) is 0.743. The number of nitrogens with zero attached hydrogens (tertiary/aromatic N) is 2. The van der Waals surface area contributed by atoms with Gasteiger partial charge in [-0.3, -0.25) is 14.4 Å². The van der Waals surface area contributed by atoms with Crippen LogP contribution in [0.15, 0.2) is 36.4 Å². The van der Waals surface area contributed by atoms with E-state index in [0.717, 1.165) is 22.3 Å². The molecule has 7 heteroatoms. The lowest BCUT2D eigenvalue weighted by molar-refractivity contribution is -0.122. The average Bonchev–Trinajstić information content (AvgIpc) is 2.87. The lowest BCUT2D eigenvalue weighted by Crippen LogP contribution is -2.46. The SMILES string of the molecule is C[C@@H](N)CC1(C(N)=O)c2ccc(C(=O)N(C)C)cc2CCc2cc(C(=O)N(C)C)ccc21. The van der Waals surface area contributed by atoms with Crippen molar-refractivity contribution in [1.29, 1.82) is 0 Å². The van der Waals surface area contributed by atoms with Crippen LogP contribution in [0, 0.1) is 0 Å². The second-order valence-electron chi connectivity index (χ2n) is 9.09. The van der Waals surface area contributed by atoms with Crippen molar-refractivity contribution in [2.45, 2.75) is 37.6 Å². The molecule has 4 N–H and O–H groups in total. The standard InChI is InChI=1S/C25H32N4O3/c1-15(26)14-25(24(27)32)20-10-8-18(22(30)28(2)3)12-16(20)6-7-17-13-19(9-11-21(17)25)23(31)29(4)5/h8-13,15H,6-7,14,26H2,1-5H3,(H2,27,32)/t15-/m1/s1. The van der Waals surface area contributed by atoms with Crippen molar-refractivity contribution < 1.29 is 14.4 Å². The normalized spacial score (nSPS) is 15.1. The number of carbonyl (C=O) groups is 3. The summed E-state index contributed by atoms with van der Waals surface area (Å²) < 4.78 is 0. The van der Waals surface area contributed by atoms with Gasteiger partial charge >= 0.3 is 0 Å². The zero-order valence-corrected chi connectivity index (χ0v) is 19.4. The zero-order chi connectivity index (χ0) is 23.8. The fourth-order valence-electron chi connectivity index (χ4n) is 4.70. The summed E-state index contributed by atoms with van der Waals surface area (Å²) in [5, 5.41) is 0. The Balaban J connectivity index is 2.28. The van der Waals surface area contributed by atoms with Crippen molar-refractivity contribution in [3.05, 3.63) is 69.8 Å². The Morgan fingerprint density at radius 2 is 1.28 bits per heavy atom. The van der Waals surface area contributed by atoms with Crippen molar-refractivity contribution in [1.82, 2.24) is 9.80 Å². The van der Waals surface area contributed by atoms with Crippen molar-refractivity contribution in [3.8, 4) is 0 Å². The molecule has 1 atom stereocenters. The number of rotatable bonds is 5. The van der Waals surface area contributed by atoms with Crippen LogP contribution in [0.4, 0.5) is 0 Å². The summed E-state index contributed by atoms with van der Waals surface area (Å²) >= 11 is 0. The molecule has 0 radical (unpaired) electrons. The summed E-state index contributed by atoms with van der Waals surface area (Å²) in [5.41, 5.74) is 15.6. The van der Waals surface area contributed by atoms with Crippen molar-refractivity contribution in [3.63, 3.8) is 0 Å². The van der Waals surface area contributed by atoms with Gasteiger partial charge in [-0.25, -0.2) is 0 Å². The molecule has 0 saturated carbocycles. The molecule has 1 aliphatic rings. The molecule has 2 aromatic rings. The third-order valence-corrected chi connectivity index (χ3v) is 6.15. The van der Waals surface area contributed by atoms with Crippen LogP contribution in [0.5, 0.6) is 0 Å². The van der Waals surface area contributed by atoms with Crippen LogP contribution in [0.1, 0.15) is 56.3 Å². The molecule has 7 nitrogen and oxygen atoms in total. The van der Waals surface area contributed by atoms with E-state index in [1.54, 1.807) is 40.3 Å². The molecule has 0 aromatic heterocycles. The molecule has 0 spiro atoms. The molecule has 3 amide bonds. The molecule has 0 heterocycles. The molecule has 32 heavy (non-hydrogen) atoms. The Labute approximate surface area is 189 Å². The van der Waals surface area contributed by atoms with Crippen LogP contribution in [-0.4, -0.2) is 61.8 Å². The van der Waals surface area contributed by atoms with E-state index in [9.17, 15) is 14.4 Å². The third kappa shape index (κ3) is 4.00. The summed E-state index contributed by atoms with van der Waals surface area (Å²) in [5.74, 6) is -0.701. The van der Waals surface area contributed by atoms with Gasteiger partial charge in [-0.05, 0) is 72.7 Å². The number of amides is 3. The minimum absolute atomic E-state index is 0.106. The summed E-state index contributed by atoms with van der Waals surface area (Å²) in [6.45, 7) is 1.85. The van der Waals surface area contributed by atoms with Gasteiger partial charge in [0, 0.05) is 45.4 Å². The molecular weight excluding hydrogens is 404 g/mol. The van der Waals surface area contributed by atoms with Crippen LogP contribution in [0.2, 0.25) is 0 Å². The largest absolute Gasteiger partial charge is 0.369 e. The van der Waals surface area contributed by atoms with Gasteiger partial charge in [0.2, 0.25) is 5.91 Å². The first-order valence-electron chi connectivity index (χ1n) is 10.7. The van der Waals surface area contributed by atoms with Gasteiger partial charge in [0.25, 0.3) is 11.8 Å². The maximum Gasteiger partial charge on any atom is 0.253 e. The Hall–Kier alpha value is -3.19. The van der Waals surface area contributed by atoms with Crippen molar-refractivity contribution in [2.75, 3.05) is 28.2 Å². The van der Waals surface area contributed by atoms with Gasteiger partial charge in [0.1, 0.15) is 5.41 Å². The highest BCUT2D eigenvalue weighted by Crippen LogP contribution is 2.43. The molecule has 0 bridgehead atoms. The zero-order valence-electron chi connectivity index (χ0n) is 19.4. The third-order valence-electron chi connectivity index (χ3n) is 6.15. The highest BCUT2D eigenvalue weighted by molar-refractivity contribution is 5.97. The first-order valence-corrected chi connectivity index (χ1v) is 10.7. The number of nitrogens with two attached hydrogens (primary N) is 2. The minimum atomic E-state index is -1.14. The smallest absolute Gasteiger partial charge is 0.253 e. The molecule has 0 saturated heterocycles. The number of carbonyl (C=O) groups excluding carboxylic acids is 3. The van der Waals surface area contributed by atoms with Gasteiger partial charge in [-0.1, -0.05) is 12.1 Å². The van der Waals surface area contributed by atoms with E-state index >= 15 is 0 Å². The molecule has 0 fully saturated rings. The average molecular weight is 437 g/mol. The van der Waals surface area contributed by atoms with Crippen molar-refractivity contribution >= 4 is 17.7 Å². The van der Waals surface area contributed by atoms with E-state index in [4.69, 9.17) is 11.5 Å². The van der Waals surface area contributed by atoms with E-state index in [2.05, 4.69) is 0 Å². The number of benzene rings is 2. The van der Waals surface area contributed by atoms with Crippen LogP contribution < -0.4 is 11.5 Å². The van der Waals surface area contributed by atoms with E-state index < -0.39 is 11.3 Å². The highest BCUT2D eigenvalue weighted by atomic mass is 16.2. The molecule has 170 valence electrons. The van der Waals surface area contributed by atoms with Gasteiger partial charge in [-0.15, -0.1) is 0 Å². The monoisotopic (exact) mass is 436 g/mol. The van der Waals surface area contributed by atoms with Gasteiger partial charge in [0.05, 0.1) is 0 Å². The number of hydrogen-bond donors (Lipinski definition) is 2. The highest BCUT2D eigenvalue weighted by Gasteiger charge is 2.45. The molecule has 0 aliphatic heterocycles. The Bertz CT molecular complexity index is 1000. The molecule has 1 aliphatic carbocycles. The molecule has 0 unspecified atom stereocenters. The van der Waals surface area contributed by atoms with Crippen LogP contribution in [0.25, 0.3) is 0 Å². The van der Waals surface area contributed by atoms with Gasteiger partial charge in [0.15, 0.2) is 0 Å². The maximum atomic E-state index is 13.2. The number of hydrogen-bond acceptors (Lipinski definition) is 4. The van der Waals surface area contributed by atoms with E-state index in [0.29, 0.717) is 30.4 Å². The summed E-state index contributed by atoms with van der Waals surface area (Å²) in [4.78, 5) is 41.3. The fourth-order valence-corrected chi connectivity index (χ4v) is 4.70. The predicted molar refractivity (Wildman–Crippen MR) is 125 cm³/mol. The fraction of sp³-hybridized carbons (Fsp3) is 0.400. The Morgan fingerprint density at radius 3 is 1.59 bits per heavy atom. The first kappa shape index (κ1) is 23.5. The van der Waals surface area contributed by atoms with E-state index in [-0.39, 0.29) is 17.9 Å². The van der Waals surface area contributed by atoms with Gasteiger partial charge in [-0.2, -0.15) is 0 Å². The van der Waals surface area contributed by atoms with Crippen molar-refractivity contribution in [2.24, 2.45) is 11.5 Å². The molecule has 2 aromatic carbocycles. The number of fused-ring (bicyclic) bond motifs is 2. The van der Waals surface area contributed by atoms with Crippen LogP contribution in [0.3, 0.4) is 0 Å². The van der Waals surface area contributed by atoms with Crippen LogP contribution in [-0.2, 0) is 23.1 Å². The van der Waals surface area contributed by atoms with E-state index in [1.165, 1.54) is 9.80 Å². The maximum absolute atomic E-state index is 13.2. The lowest BCUT2D eigenvalue weighted by Gasteiger charge is -2.35. The minimum Gasteiger partial charge on any atom is -0.369 e. The molecule has 3 rings (SSSR count).